The molecule has 0 unspecified atom stereocenters. The van der Waals surface area contributed by atoms with Crippen LogP contribution in [0.3, 0.4) is 0 Å². The summed E-state index contributed by atoms with van der Waals surface area (Å²) in [5.74, 6) is 0. The first-order chi connectivity index (χ1) is 19.1. The van der Waals surface area contributed by atoms with Crippen molar-refractivity contribution >= 4 is 22.4 Å². The van der Waals surface area contributed by atoms with Crippen LogP contribution in [0.15, 0.2) is 67.3 Å². The molecule has 0 aromatic carbocycles. The number of piperazine rings is 1. The van der Waals surface area contributed by atoms with Gasteiger partial charge in [-0.15, -0.1) is 0 Å². The maximum Gasteiger partial charge on any atom is 0.181 e. The minimum Gasteiger partial charge on any atom is -0.368 e. The summed E-state index contributed by atoms with van der Waals surface area (Å²) < 4.78 is 0. The molecule has 1 aliphatic heterocycles. The third-order valence-corrected chi connectivity index (χ3v) is 7.53. The van der Waals surface area contributed by atoms with Gasteiger partial charge in [0.25, 0.3) is 0 Å². The van der Waals surface area contributed by atoms with Gasteiger partial charge in [0.2, 0.25) is 0 Å². The number of aryl methyl sites for hydroxylation is 1. The normalized spacial score (nSPS) is 15.3. The number of anilines is 1. The third kappa shape index (κ3) is 5.72. The lowest BCUT2D eigenvalue weighted by atomic mass is 9.93. The summed E-state index contributed by atoms with van der Waals surface area (Å²) in [6.45, 7) is 18.9. The Bertz CT molecular complexity index is 1570. The lowest BCUT2D eigenvalue weighted by Crippen LogP contribution is -2.43. The number of nitrogens with one attached hydrogen (secondary N) is 3. The largest absolute Gasteiger partial charge is 0.368 e. The Balaban J connectivity index is 1.49. The summed E-state index contributed by atoms with van der Waals surface area (Å²) >= 11 is 0. The topological polar surface area (TPSA) is 88.8 Å². The van der Waals surface area contributed by atoms with Crippen molar-refractivity contribution in [2.75, 3.05) is 38.5 Å². The Morgan fingerprint density at radius 1 is 1.05 bits per heavy atom. The monoisotopic (exact) mass is 536 g/mol. The number of hydrogen-bond donors (Lipinski definition) is 3. The highest BCUT2D eigenvalue weighted by Crippen LogP contribution is 2.34. The highest BCUT2D eigenvalue weighted by molar-refractivity contribution is 5.93. The van der Waals surface area contributed by atoms with E-state index >= 15 is 0 Å². The number of rotatable bonds is 7. The molecule has 0 amide bonds. The van der Waals surface area contributed by atoms with Gasteiger partial charge in [0.05, 0.1) is 23.3 Å². The highest BCUT2D eigenvalue weighted by atomic mass is 15.3. The SMILES string of the molecule is C=C(Nc1cncc(-c2cnc3n[nH]c(-c4cc(/C(=C\C=C/C)N5CCN(C)CC5)c(C)[nH]4)c3c2)c1)C(C)(C)C. The predicted octanol–water partition coefficient (Wildman–Crippen LogP) is 6.46. The number of aromatic nitrogens is 5. The molecule has 208 valence electrons. The Morgan fingerprint density at radius 2 is 1.80 bits per heavy atom. The number of aromatic amines is 2. The van der Waals surface area contributed by atoms with Gasteiger partial charge < -0.3 is 20.1 Å². The van der Waals surface area contributed by atoms with Crippen molar-refractivity contribution < 1.29 is 0 Å². The zero-order valence-corrected chi connectivity index (χ0v) is 24.5. The molecule has 5 rings (SSSR count). The minimum absolute atomic E-state index is 0.0541. The summed E-state index contributed by atoms with van der Waals surface area (Å²) in [7, 11) is 2.18. The van der Waals surface area contributed by atoms with Gasteiger partial charge in [-0.25, -0.2) is 4.98 Å². The fraction of sp³-hybridized carbons (Fsp3) is 0.344. The Hall–Kier alpha value is -4.17. The molecule has 4 aromatic heterocycles. The molecular formula is C32H40N8. The van der Waals surface area contributed by atoms with E-state index in [0.29, 0.717) is 5.65 Å². The quantitative estimate of drug-likeness (QED) is 0.235. The first kappa shape index (κ1) is 27.4. The lowest BCUT2D eigenvalue weighted by Gasteiger charge is -2.35. The molecule has 0 bridgehead atoms. The van der Waals surface area contributed by atoms with Crippen molar-refractivity contribution in [2.45, 2.75) is 34.6 Å². The average molecular weight is 537 g/mol. The number of pyridine rings is 2. The summed E-state index contributed by atoms with van der Waals surface area (Å²) in [5, 5.41) is 12.1. The van der Waals surface area contributed by atoms with Gasteiger partial charge in [-0.05, 0) is 45.2 Å². The molecule has 5 heterocycles. The number of allylic oxidation sites excluding steroid dienone is 4. The Morgan fingerprint density at radius 3 is 2.52 bits per heavy atom. The summed E-state index contributed by atoms with van der Waals surface area (Å²) in [6.07, 6.45) is 11.9. The van der Waals surface area contributed by atoms with Crippen molar-refractivity contribution in [3.8, 4) is 22.5 Å². The summed E-state index contributed by atoms with van der Waals surface area (Å²) in [5.41, 5.74) is 9.89. The van der Waals surface area contributed by atoms with E-state index in [1.165, 1.54) is 11.3 Å². The molecule has 8 heteroatoms. The highest BCUT2D eigenvalue weighted by Gasteiger charge is 2.22. The van der Waals surface area contributed by atoms with Crippen molar-refractivity contribution in [2.24, 2.45) is 5.41 Å². The van der Waals surface area contributed by atoms with Crippen LogP contribution >= 0.6 is 0 Å². The van der Waals surface area contributed by atoms with Gasteiger partial charge in [-0.2, -0.15) is 5.10 Å². The van der Waals surface area contributed by atoms with Crippen molar-refractivity contribution in [1.82, 2.24) is 34.9 Å². The molecule has 0 spiro atoms. The summed E-state index contributed by atoms with van der Waals surface area (Å²) in [6, 6.07) is 6.44. The fourth-order valence-corrected chi connectivity index (χ4v) is 4.85. The smallest absolute Gasteiger partial charge is 0.181 e. The second-order valence-corrected chi connectivity index (χ2v) is 11.6. The fourth-order valence-electron chi connectivity index (χ4n) is 4.85. The van der Waals surface area contributed by atoms with E-state index in [1.807, 2.05) is 18.6 Å². The van der Waals surface area contributed by atoms with Crippen molar-refractivity contribution in [1.29, 1.82) is 0 Å². The van der Waals surface area contributed by atoms with E-state index in [4.69, 9.17) is 0 Å². The molecular weight excluding hydrogens is 496 g/mol. The predicted molar refractivity (Wildman–Crippen MR) is 166 cm³/mol. The third-order valence-electron chi connectivity index (χ3n) is 7.53. The Labute approximate surface area is 236 Å². The molecule has 3 N–H and O–H groups in total. The van der Waals surface area contributed by atoms with E-state index < -0.39 is 0 Å². The molecule has 1 aliphatic rings. The van der Waals surface area contributed by atoms with Crippen LogP contribution in [0.4, 0.5) is 5.69 Å². The van der Waals surface area contributed by atoms with Gasteiger partial charge in [0.15, 0.2) is 5.65 Å². The molecule has 0 saturated carbocycles. The van der Waals surface area contributed by atoms with E-state index in [1.54, 1.807) is 0 Å². The van der Waals surface area contributed by atoms with Crippen LogP contribution in [0, 0.1) is 12.3 Å². The van der Waals surface area contributed by atoms with Crippen LogP contribution < -0.4 is 5.32 Å². The van der Waals surface area contributed by atoms with E-state index in [2.05, 4.69) is 125 Å². The molecule has 0 aliphatic carbocycles. The average Bonchev–Trinajstić information content (AvgIpc) is 3.52. The molecule has 1 saturated heterocycles. The second-order valence-electron chi connectivity index (χ2n) is 11.6. The number of fused-ring (bicyclic) bond motifs is 1. The number of nitrogens with zero attached hydrogens (tertiary/aromatic N) is 5. The maximum atomic E-state index is 4.66. The summed E-state index contributed by atoms with van der Waals surface area (Å²) in [4.78, 5) is 17.6. The van der Waals surface area contributed by atoms with Crippen molar-refractivity contribution in [3.05, 3.63) is 78.6 Å². The zero-order valence-electron chi connectivity index (χ0n) is 24.5. The van der Waals surface area contributed by atoms with Gasteiger partial charge >= 0.3 is 0 Å². The molecule has 0 radical (unpaired) electrons. The van der Waals surface area contributed by atoms with Crippen LogP contribution in [0.1, 0.15) is 39.0 Å². The van der Waals surface area contributed by atoms with Gasteiger partial charge in [-0.1, -0.05) is 39.5 Å². The lowest BCUT2D eigenvalue weighted by molar-refractivity contribution is 0.207. The number of likely N-dealkylation sites (N-methyl/N-ethyl adjacent to an activating group) is 1. The maximum absolute atomic E-state index is 4.66. The number of H-pyrrole nitrogens is 2. The Kier molecular flexibility index (Phi) is 7.63. The first-order valence-corrected chi connectivity index (χ1v) is 13.9. The van der Waals surface area contributed by atoms with Gasteiger partial charge in [-0.3, -0.25) is 10.1 Å². The van der Waals surface area contributed by atoms with Crippen LogP contribution in [0.2, 0.25) is 0 Å². The molecule has 0 atom stereocenters. The van der Waals surface area contributed by atoms with Crippen molar-refractivity contribution in [3.63, 3.8) is 0 Å². The van der Waals surface area contributed by atoms with Crippen LogP contribution in [-0.2, 0) is 0 Å². The molecule has 8 nitrogen and oxygen atoms in total. The van der Waals surface area contributed by atoms with E-state index in [9.17, 15) is 0 Å². The van der Waals surface area contributed by atoms with Gasteiger partial charge in [0, 0.05) is 83.2 Å². The second kappa shape index (κ2) is 11.1. The minimum atomic E-state index is -0.0541. The van der Waals surface area contributed by atoms with Gasteiger partial charge in [0.1, 0.15) is 0 Å². The van der Waals surface area contributed by atoms with E-state index in [0.717, 1.165) is 71.2 Å². The molecule has 1 fully saturated rings. The number of hydrogen-bond acceptors (Lipinski definition) is 6. The van der Waals surface area contributed by atoms with Crippen LogP contribution in [0.25, 0.3) is 39.2 Å². The van der Waals surface area contributed by atoms with Crippen LogP contribution in [0.5, 0.6) is 0 Å². The zero-order chi connectivity index (χ0) is 28.4. The molecule has 40 heavy (non-hydrogen) atoms. The molecule has 4 aromatic rings. The first-order valence-electron chi connectivity index (χ1n) is 13.9. The standard InChI is InChI=1S/C32H40N8/c1-8-9-10-29(40-13-11-39(7)12-14-40)26-17-28(35-21(26)2)30-27-16-24(19-34-31(27)38-37-30)23-15-25(20-33-18-23)36-22(3)32(4,5)6/h8-10,15-20,35-36H,3,11-14H2,1-2,4-7H3,(H,34,37,38)/b9-8-,29-10+. The van der Waals surface area contributed by atoms with E-state index in [-0.39, 0.29) is 5.41 Å². The van der Waals surface area contributed by atoms with Crippen LogP contribution in [-0.4, -0.2) is 68.2 Å².